The van der Waals surface area contributed by atoms with Gasteiger partial charge in [0, 0.05) is 19.3 Å². The molecule has 0 heterocycles. The number of methoxy groups -OCH3 is 1. The van der Waals surface area contributed by atoms with Crippen LogP contribution in [0.25, 0.3) is 0 Å². The number of hydrogen-bond acceptors (Lipinski definition) is 3. The molecule has 3 nitrogen and oxygen atoms in total. The number of ether oxygens (including phenoxy) is 1. The first kappa shape index (κ1) is 11.0. The van der Waals surface area contributed by atoms with Gasteiger partial charge in [0.1, 0.15) is 0 Å². The van der Waals surface area contributed by atoms with Crippen molar-refractivity contribution < 1.29 is 9.84 Å². The highest BCUT2D eigenvalue weighted by molar-refractivity contribution is 4.86. The van der Waals surface area contributed by atoms with Crippen LogP contribution in [0.5, 0.6) is 0 Å². The molecular weight excluding hydrogens is 166 g/mol. The van der Waals surface area contributed by atoms with Gasteiger partial charge < -0.3 is 15.2 Å². The van der Waals surface area contributed by atoms with Gasteiger partial charge in [-0.15, -0.1) is 0 Å². The second kappa shape index (κ2) is 4.94. The lowest BCUT2D eigenvalue weighted by molar-refractivity contribution is 0.115. The Morgan fingerprint density at radius 2 is 2.23 bits per heavy atom. The highest BCUT2D eigenvalue weighted by atomic mass is 16.5. The second-order valence-corrected chi connectivity index (χ2v) is 4.29. The van der Waals surface area contributed by atoms with Crippen molar-refractivity contribution in [2.75, 3.05) is 26.9 Å². The van der Waals surface area contributed by atoms with Crippen molar-refractivity contribution in [3.05, 3.63) is 0 Å². The van der Waals surface area contributed by atoms with Crippen LogP contribution < -0.4 is 5.32 Å². The van der Waals surface area contributed by atoms with Gasteiger partial charge in [-0.1, -0.05) is 0 Å². The van der Waals surface area contributed by atoms with E-state index in [1.165, 1.54) is 12.8 Å². The van der Waals surface area contributed by atoms with Crippen molar-refractivity contribution in [2.24, 2.45) is 5.92 Å². The van der Waals surface area contributed by atoms with Crippen molar-refractivity contribution >= 4 is 0 Å². The Hall–Kier alpha value is -0.120. The number of rotatable bonds is 7. The van der Waals surface area contributed by atoms with E-state index in [1.807, 2.05) is 0 Å². The lowest BCUT2D eigenvalue weighted by atomic mass is 9.99. The number of hydrogen-bond donors (Lipinski definition) is 2. The Morgan fingerprint density at radius 1 is 1.54 bits per heavy atom. The van der Waals surface area contributed by atoms with E-state index < -0.39 is 0 Å². The Labute approximate surface area is 80.5 Å². The van der Waals surface area contributed by atoms with E-state index >= 15 is 0 Å². The predicted molar refractivity (Wildman–Crippen MR) is 52.7 cm³/mol. The molecule has 13 heavy (non-hydrogen) atoms. The van der Waals surface area contributed by atoms with E-state index in [2.05, 4.69) is 12.2 Å². The Kier molecular flexibility index (Phi) is 4.16. The molecule has 78 valence electrons. The van der Waals surface area contributed by atoms with Crippen LogP contribution in [-0.4, -0.2) is 37.5 Å². The first-order valence-electron chi connectivity index (χ1n) is 5.05. The first-order valence-corrected chi connectivity index (χ1v) is 5.05. The zero-order valence-corrected chi connectivity index (χ0v) is 8.68. The monoisotopic (exact) mass is 187 g/mol. The van der Waals surface area contributed by atoms with Crippen molar-refractivity contribution in [3.8, 4) is 0 Å². The molecule has 1 aliphatic rings. The summed E-state index contributed by atoms with van der Waals surface area (Å²) in [4.78, 5) is 0. The zero-order valence-electron chi connectivity index (χ0n) is 8.68. The minimum Gasteiger partial charge on any atom is -0.394 e. The van der Waals surface area contributed by atoms with E-state index in [1.54, 1.807) is 7.11 Å². The lowest BCUT2D eigenvalue weighted by Crippen LogP contribution is -2.47. The summed E-state index contributed by atoms with van der Waals surface area (Å²) in [6.45, 7) is 3.98. The molecule has 0 amide bonds. The summed E-state index contributed by atoms with van der Waals surface area (Å²) in [5, 5.41) is 12.6. The van der Waals surface area contributed by atoms with Crippen LogP contribution >= 0.6 is 0 Å². The van der Waals surface area contributed by atoms with Gasteiger partial charge in [0.05, 0.1) is 6.61 Å². The normalized spacial score (nSPS) is 21.5. The fraction of sp³-hybridized carbons (Fsp3) is 1.00. The van der Waals surface area contributed by atoms with Crippen LogP contribution in [0.3, 0.4) is 0 Å². The maximum atomic E-state index is 9.23. The van der Waals surface area contributed by atoms with Crippen LogP contribution in [0.4, 0.5) is 0 Å². The molecule has 0 aromatic rings. The molecule has 1 unspecified atom stereocenters. The minimum atomic E-state index is -0.154. The average Bonchev–Trinajstić information content (AvgIpc) is 2.95. The molecule has 0 aromatic carbocycles. The first-order chi connectivity index (χ1) is 6.20. The number of nitrogens with one attached hydrogen (secondary N) is 1. The van der Waals surface area contributed by atoms with Gasteiger partial charge in [0.15, 0.2) is 0 Å². The third-order valence-electron chi connectivity index (χ3n) is 2.72. The van der Waals surface area contributed by atoms with Crippen LogP contribution in [0.15, 0.2) is 0 Å². The third kappa shape index (κ3) is 4.07. The van der Waals surface area contributed by atoms with Crippen molar-refractivity contribution in [3.63, 3.8) is 0 Å². The van der Waals surface area contributed by atoms with E-state index in [9.17, 15) is 5.11 Å². The molecular formula is C10H21NO2. The van der Waals surface area contributed by atoms with E-state index in [4.69, 9.17) is 4.74 Å². The summed E-state index contributed by atoms with van der Waals surface area (Å²) in [5.74, 6) is 0.855. The van der Waals surface area contributed by atoms with E-state index in [0.29, 0.717) is 6.61 Å². The van der Waals surface area contributed by atoms with Crippen LogP contribution in [0, 0.1) is 5.92 Å². The summed E-state index contributed by atoms with van der Waals surface area (Å²) in [5.41, 5.74) is -0.154. The van der Waals surface area contributed by atoms with Gasteiger partial charge in [-0.25, -0.2) is 0 Å². The van der Waals surface area contributed by atoms with Gasteiger partial charge >= 0.3 is 0 Å². The standard InChI is InChI=1S/C10H21NO2/c1-10(8-12,5-6-13-2)11-7-9-3-4-9/h9,11-12H,3-8H2,1-2H3. The molecule has 0 spiro atoms. The highest BCUT2D eigenvalue weighted by Crippen LogP contribution is 2.28. The smallest absolute Gasteiger partial charge is 0.0611 e. The quantitative estimate of drug-likeness (QED) is 0.618. The molecule has 1 rings (SSSR count). The Bertz CT molecular complexity index is 148. The highest BCUT2D eigenvalue weighted by Gasteiger charge is 2.27. The minimum absolute atomic E-state index is 0.154. The fourth-order valence-electron chi connectivity index (χ4n) is 1.26. The Balaban J connectivity index is 2.19. The maximum Gasteiger partial charge on any atom is 0.0611 e. The van der Waals surface area contributed by atoms with Crippen molar-refractivity contribution in [1.82, 2.24) is 5.32 Å². The molecule has 0 radical (unpaired) electrons. The molecule has 0 bridgehead atoms. The number of aliphatic hydroxyl groups is 1. The SMILES string of the molecule is COCCC(C)(CO)NCC1CC1. The van der Waals surface area contributed by atoms with E-state index in [0.717, 1.165) is 18.9 Å². The fourth-order valence-corrected chi connectivity index (χ4v) is 1.26. The molecule has 1 saturated carbocycles. The van der Waals surface area contributed by atoms with Gasteiger partial charge in [0.25, 0.3) is 0 Å². The van der Waals surface area contributed by atoms with Crippen LogP contribution in [-0.2, 0) is 4.74 Å². The van der Waals surface area contributed by atoms with Crippen LogP contribution in [0.2, 0.25) is 0 Å². The molecule has 3 heteroatoms. The predicted octanol–water partition coefficient (Wildman–Crippen LogP) is 0.773. The molecule has 2 N–H and O–H groups in total. The molecule has 0 aromatic heterocycles. The largest absolute Gasteiger partial charge is 0.394 e. The summed E-state index contributed by atoms with van der Waals surface area (Å²) in [6, 6.07) is 0. The summed E-state index contributed by atoms with van der Waals surface area (Å²) in [6.07, 6.45) is 3.56. The molecule has 0 saturated heterocycles. The van der Waals surface area contributed by atoms with Gasteiger partial charge in [-0.05, 0) is 38.6 Å². The third-order valence-corrected chi connectivity index (χ3v) is 2.72. The molecule has 1 aliphatic carbocycles. The lowest BCUT2D eigenvalue weighted by Gasteiger charge is -2.28. The van der Waals surface area contributed by atoms with Crippen molar-refractivity contribution in [1.29, 1.82) is 0 Å². The molecule has 1 fully saturated rings. The van der Waals surface area contributed by atoms with Gasteiger partial charge in [0.2, 0.25) is 0 Å². The van der Waals surface area contributed by atoms with Gasteiger partial charge in [-0.2, -0.15) is 0 Å². The molecule has 0 aliphatic heterocycles. The van der Waals surface area contributed by atoms with Crippen LogP contribution in [0.1, 0.15) is 26.2 Å². The number of aliphatic hydroxyl groups excluding tert-OH is 1. The molecule has 1 atom stereocenters. The zero-order chi connectivity index (χ0) is 9.73. The average molecular weight is 187 g/mol. The maximum absolute atomic E-state index is 9.23. The summed E-state index contributed by atoms with van der Waals surface area (Å²) >= 11 is 0. The van der Waals surface area contributed by atoms with Crippen molar-refractivity contribution in [2.45, 2.75) is 31.7 Å². The summed E-state index contributed by atoms with van der Waals surface area (Å²) in [7, 11) is 1.69. The van der Waals surface area contributed by atoms with Gasteiger partial charge in [-0.3, -0.25) is 0 Å². The Morgan fingerprint density at radius 3 is 2.69 bits per heavy atom. The summed E-state index contributed by atoms with van der Waals surface area (Å²) < 4.78 is 5.01. The second-order valence-electron chi connectivity index (χ2n) is 4.29. The van der Waals surface area contributed by atoms with E-state index in [-0.39, 0.29) is 12.1 Å². The topological polar surface area (TPSA) is 41.5 Å².